The monoisotopic (exact) mass is 247 g/mol. The number of benzene rings is 1. The van der Waals surface area contributed by atoms with Crippen molar-refractivity contribution in [3.05, 3.63) is 35.4 Å². The molecule has 1 aromatic rings. The fourth-order valence-electron chi connectivity index (χ4n) is 3.11. The van der Waals surface area contributed by atoms with Gasteiger partial charge in [0.1, 0.15) is 0 Å². The van der Waals surface area contributed by atoms with Crippen LogP contribution >= 0.6 is 0 Å². The Labute approximate surface area is 108 Å². The van der Waals surface area contributed by atoms with Gasteiger partial charge in [-0.15, -0.1) is 0 Å². The lowest BCUT2D eigenvalue weighted by molar-refractivity contribution is -0.145. The molecule has 1 fully saturated rings. The fraction of sp³-hybridized carbons (Fsp3) is 0.533. The molecule has 3 heteroatoms. The number of hydrogen-bond acceptors (Lipinski definition) is 2. The number of aryl methyl sites for hydroxylation is 1. The first-order chi connectivity index (χ1) is 8.60. The highest BCUT2D eigenvalue weighted by Crippen LogP contribution is 2.41. The number of hydrogen-bond donors (Lipinski definition) is 2. The molecule has 1 saturated carbocycles. The quantitative estimate of drug-likeness (QED) is 0.862. The van der Waals surface area contributed by atoms with Crippen molar-refractivity contribution in [2.75, 3.05) is 7.05 Å². The summed E-state index contributed by atoms with van der Waals surface area (Å²) in [5.74, 6) is -0.675. The van der Waals surface area contributed by atoms with E-state index in [1.54, 1.807) is 0 Å². The second-order valence-electron chi connectivity index (χ2n) is 5.27. The predicted molar refractivity (Wildman–Crippen MR) is 71.8 cm³/mol. The van der Waals surface area contributed by atoms with Crippen LogP contribution in [0.3, 0.4) is 0 Å². The highest BCUT2D eigenvalue weighted by molar-refractivity contribution is 5.82. The zero-order valence-electron chi connectivity index (χ0n) is 11.1. The van der Waals surface area contributed by atoms with E-state index in [0.29, 0.717) is 6.04 Å². The molecule has 0 saturated heterocycles. The van der Waals surface area contributed by atoms with E-state index in [1.165, 1.54) is 0 Å². The Morgan fingerprint density at radius 2 is 1.94 bits per heavy atom. The standard InChI is InChI=1S/C15H21NO2/c1-11-5-3-4-6-13(11)15(14(17)18)9-7-12(16-2)8-10-15/h3-6,12,16H,7-10H2,1-2H3,(H,17,18). The fourth-order valence-corrected chi connectivity index (χ4v) is 3.11. The highest BCUT2D eigenvalue weighted by Gasteiger charge is 2.43. The van der Waals surface area contributed by atoms with Gasteiger partial charge in [0.25, 0.3) is 0 Å². The maximum atomic E-state index is 11.8. The molecule has 3 nitrogen and oxygen atoms in total. The summed E-state index contributed by atoms with van der Waals surface area (Å²) in [7, 11) is 1.95. The number of nitrogens with one attached hydrogen (secondary N) is 1. The summed E-state index contributed by atoms with van der Waals surface area (Å²) >= 11 is 0. The van der Waals surface area contributed by atoms with E-state index in [0.717, 1.165) is 36.8 Å². The van der Waals surface area contributed by atoms with Crippen molar-refractivity contribution in [3.63, 3.8) is 0 Å². The molecule has 1 aliphatic carbocycles. The smallest absolute Gasteiger partial charge is 0.314 e. The van der Waals surface area contributed by atoms with E-state index in [-0.39, 0.29) is 0 Å². The van der Waals surface area contributed by atoms with E-state index >= 15 is 0 Å². The average Bonchev–Trinajstić information content (AvgIpc) is 2.39. The van der Waals surface area contributed by atoms with E-state index in [9.17, 15) is 9.90 Å². The lowest BCUT2D eigenvalue weighted by atomic mass is 9.67. The Bertz CT molecular complexity index is 434. The van der Waals surface area contributed by atoms with Gasteiger partial charge in [-0.25, -0.2) is 0 Å². The van der Waals surface area contributed by atoms with Gasteiger partial charge >= 0.3 is 5.97 Å². The summed E-state index contributed by atoms with van der Waals surface area (Å²) in [4.78, 5) is 11.8. The second-order valence-corrected chi connectivity index (χ2v) is 5.27. The number of carboxylic acid groups (broad SMARTS) is 1. The molecule has 0 aliphatic heterocycles. The lowest BCUT2D eigenvalue weighted by Gasteiger charge is -2.38. The Morgan fingerprint density at radius 3 is 2.44 bits per heavy atom. The van der Waals surface area contributed by atoms with Gasteiger partial charge in [-0.2, -0.15) is 0 Å². The van der Waals surface area contributed by atoms with Crippen LogP contribution in [0.1, 0.15) is 36.8 Å². The van der Waals surface area contributed by atoms with Crippen LogP contribution in [0.2, 0.25) is 0 Å². The third-order valence-electron chi connectivity index (χ3n) is 4.32. The third kappa shape index (κ3) is 2.15. The van der Waals surface area contributed by atoms with Crippen molar-refractivity contribution in [1.82, 2.24) is 5.32 Å². The summed E-state index contributed by atoms with van der Waals surface area (Å²) < 4.78 is 0. The minimum absolute atomic E-state index is 0.460. The molecule has 0 radical (unpaired) electrons. The number of rotatable bonds is 3. The summed E-state index contributed by atoms with van der Waals surface area (Å²) in [6.07, 6.45) is 3.30. The average molecular weight is 247 g/mol. The van der Waals surface area contributed by atoms with Crippen LogP contribution in [-0.4, -0.2) is 24.2 Å². The Kier molecular flexibility index (Phi) is 3.71. The van der Waals surface area contributed by atoms with E-state index in [4.69, 9.17) is 0 Å². The van der Waals surface area contributed by atoms with Gasteiger partial charge in [0.15, 0.2) is 0 Å². The normalized spacial score (nSPS) is 28.0. The number of carbonyl (C=O) groups is 1. The zero-order chi connectivity index (χ0) is 13.2. The summed E-state index contributed by atoms with van der Waals surface area (Å²) in [5, 5.41) is 13.0. The minimum atomic E-state index is -0.682. The lowest BCUT2D eigenvalue weighted by Crippen LogP contribution is -2.44. The van der Waals surface area contributed by atoms with Gasteiger partial charge in [-0.05, 0) is 50.8 Å². The topological polar surface area (TPSA) is 49.3 Å². The van der Waals surface area contributed by atoms with Crippen LogP contribution in [-0.2, 0) is 10.2 Å². The van der Waals surface area contributed by atoms with Crippen LogP contribution < -0.4 is 5.32 Å². The van der Waals surface area contributed by atoms with Crippen molar-refractivity contribution >= 4 is 5.97 Å². The Balaban J connectivity index is 2.35. The SMILES string of the molecule is CNC1CCC(C(=O)O)(c2ccccc2C)CC1. The van der Waals surface area contributed by atoms with Crippen molar-refractivity contribution in [1.29, 1.82) is 0 Å². The van der Waals surface area contributed by atoms with Crippen LogP contribution in [0, 0.1) is 6.92 Å². The van der Waals surface area contributed by atoms with Crippen molar-refractivity contribution in [2.45, 2.75) is 44.1 Å². The Morgan fingerprint density at radius 1 is 1.33 bits per heavy atom. The minimum Gasteiger partial charge on any atom is -0.481 e. The molecule has 2 N–H and O–H groups in total. The van der Waals surface area contributed by atoms with Gasteiger partial charge < -0.3 is 10.4 Å². The number of carboxylic acids is 1. The second kappa shape index (κ2) is 5.11. The van der Waals surface area contributed by atoms with Crippen LogP contribution in [0.4, 0.5) is 0 Å². The molecule has 0 spiro atoms. The summed E-state index contributed by atoms with van der Waals surface area (Å²) in [6, 6.07) is 8.35. The highest BCUT2D eigenvalue weighted by atomic mass is 16.4. The molecule has 0 bridgehead atoms. The van der Waals surface area contributed by atoms with E-state index in [2.05, 4.69) is 5.32 Å². The molecule has 0 heterocycles. The maximum Gasteiger partial charge on any atom is 0.314 e. The van der Waals surface area contributed by atoms with E-state index in [1.807, 2.05) is 38.2 Å². The maximum absolute atomic E-state index is 11.8. The molecule has 0 atom stereocenters. The molecule has 1 aliphatic rings. The first kappa shape index (κ1) is 13.1. The molecule has 1 aromatic carbocycles. The van der Waals surface area contributed by atoms with Gasteiger partial charge in [0.2, 0.25) is 0 Å². The van der Waals surface area contributed by atoms with Crippen molar-refractivity contribution in [3.8, 4) is 0 Å². The third-order valence-corrected chi connectivity index (χ3v) is 4.32. The molecule has 98 valence electrons. The van der Waals surface area contributed by atoms with Crippen molar-refractivity contribution < 1.29 is 9.90 Å². The predicted octanol–water partition coefficient (Wildman–Crippen LogP) is 2.48. The van der Waals surface area contributed by atoms with Crippen molar-refractivity contribution in [2.24, 2.45) is 0 Å². The van der Waals surface area contributed by atoms with Gasteiger partial charge in [0.05, 0.1) is 5.41 Å². The first-order valence-electron chi connectivity index (χ1n) is 6.57. The Hall–Kier alpha value is -1.35. The molecule has 0 amide bonds. The van der Waals surface area contributed by atoms with Gasteiger partial charge in [0, 0.05) is 6.04 Å². The first-order valence-corrected chi connectivity index (χ1v) is 6.57. The number of aliphatic carboxylic acids is 1. The summed E-state index contributed by atoms with van der Waals surface area (Å²) in [6.45, 7) is 2.00. The molecular weight excluding hydrogens is 226 g/mol. The molecule has 0 aromatic heterocycles. The largest absolute Gasteiger partial charge is 0.481 e. The molecule has 2 rings (SSSR count). The molecule has 18 heavy (non-hydrogen) atoms. The van der Waals surface area contributed by atoms with Crippen LogP contribution in [0.5, 0.6) is 0 Å². The van der Waals surface area contributed by atoms with Crippen LogP contribution in [0.25, 0.3) is 0 Å². The van der Waals surface area contributed by atoms with Gasteiger partial charge in [-0.1, -0.05) is 24.3 Å². The molecule has 0 unspecified atom stereocenters. The van der Waals surface area contributed by atoms with E-state index < -0.39 is 11.4 Å². The molecular formula is C15H21NO2. The summed E-state index contributed by atoms with van der Waals surface area (Å²) in [5.41, 5.74) is 1.40. The van der Waals surface area contributed by atoms with Gasteiger partial charge in [-0.3, -0.25) is 4.79 Å². The van der Waals surface area contributed by atoms with Crippen LogP contribution in [0.15, 0.2) is 24.3 Å². The zero-order valence-corrected chi connectivity index (χ0v) is 11.1.